The van der Waals surface area contributed by atoms with Gasteiger partial charge in [0.2, 0.25) is 5.91 Å². The molecule has 1 atom stereocenters. The van der Waals surface area contributed by atoms with E-state index in [2.05, 4.69) is 34.2 Å². The number of alkyl halides is 3. The molecule has 3 rings (SSSR count). The number of halogens is 4. The van der Waals surface area contributed by atoms with Crippen LogP contribution in [0.5, 0.6) is 0 Å². The van der Waals surface area contributed by atoms with Gasteiger partial charge in [-0.3, -0.25) is 19.6 Å². The third-order valence-corrected chi connectivity index (χ3v) is 5.37. The summed E-state index contributed by atoms with van der Waals surface area (Å²) in [5, 5.41) is 2.68. The highest BCUT2D eigenvalue weighted by Gasteiger charge is 2.38. The molecule has 2 aromatic rings. The number of ether oxygens (including phenoxy) is 1. The van der Waals surface area contributed by atoms with E-state index in [1.165, 1.54) is 6.08 Å². The lowest BCUT2D eigenvalue weighted by atomic mass is 10.1. The number of rotatable bonds is 6. The van der Waals surface area contributed by atoms with Crippen molar-refractivity contribution in [1.82, 2.24) is 20.1 Å². The van der Waals surface area contributed by atoms with Crippen LogP contribution in [0.3, 0.4) is 0 Å². The van der Waals surface area contributed by atoms with Crippen LogP contribution in [0, 0.1) is 3.57 Å². The van der Waals surface area contributed by atoms with E-state index in [1.807, 2.05) is 16.3 Å². The number of hydrogen-bond acceptors (Lipinski definition) is 6. The summed E-state index contributed by atoms with van der Waals surface area (Å²) < 4.78 is 49.3. The molecule has 0 spiro atoms. The molecule has 2 amide bonds. The Morgan fingerprint density at radius 2 is 2.16 bits per heavy atom. The predicted molar refractivity (Wildman–Crippen MR) is 113 cm³/mol. The zero-order valence-corrected chi connectivity index (χ0v) is 18.5. The molecule has 12 heteroatoms. The largest absolute Gasteiger partial charge is 0.458 e. The minimum Gasteiger partial charge on any atom is -0.458 e. The highest BCUT2D eigenvalue weighted by Crippen LogP contribution is 2.25. The molecular weight excluding hydrogens is 532 g/mol. The molecule has 0 radical (unpaired) electrons. The summed E-state index contributed by atoms with van der Waals surface area (Å²) in [6.45, 7) is 2.75. The van der Waals surface area contributed by atoms with Gasteiger partial charge in [-0.05, 0) is 28.7 Å². The van der Waals surface area contributed by atoms with E-state index < -0.39 is 30.8 Å². The molecule has 1 aliphatic rings. The van der Waals surface area contributed by atoms with E-state index in [-0.39, 0.29) is 19.7 Å². The standard InChI is InChI=1S/C19H20F3IN4O4/c1-2-5-30-18(29)27-4-3-26(10-15(27)17(28)25-11-19(20,21)22)9-13-6-12-7-24-8-14(23)16(12)31-13/h2,6-8,15H,1,3-5,9-11H2,(H,25,28)/t15-/m0/s1. The molecule has 0 unspecified atom stereocenters. The van der Waals surface area contributed by atoms with Gasteiger partial charge in [-0.15, -0.1) is 0 Å². The molecule has 0 aliphatic carbocycles. The summed E-state index contributed by atoms with van der Waals surface area (Å²) in [4.78, 5) is 31.9. The van der Waals surface area contributed by atoms with Crippen molar-refractivity contribution in [3.63, 3.8) is 0 Å². The maximum Gasteiger partial charge on any atom is 0.410 e. The number of aromatic nitrogens is 1. The highest BCUT2D eigenvalue weighted by molar-refractivity contribution is 14.1. The van der Waals surface area contributed by atoms with E-state index >= 15 is 0 Å². The normalized spacial score (nSPS) is 17.5. The summed E-state index contributed by atoms with van der Waals surface area (Å²) in [5.74, 6) is -0.279. The Bertz CT molecular complexity index is 965. The fourth-order valence-electron chi connectivity index (χ4n) is 3.23. The van der Waals surface area contributed by atoms with Crippen LogP contribution >= 0.6 is 22.6 Å². The van der Waals surface area contributed by atoms with Gasteiger partial charge in [0.15, 0.2) is 5.58 Å². The van der Waals surface area contributed by atoms with Gasteiger partial charge in [0.05, 0.1) is 10.1 Å². The van der Waals surface area contributed by atoms with E-state index in [4.69, 9.17) is 9.15 Å². The third-order valence-electron chi connectivity index (χ3n) is 4.60. The van der Waals surface area contributed by atoms with E-state index in [0.29, 0.717) is 24.4 Å². The van der Waals surface area contributed by atoms with E-state index in [9.17, 15) is 22.8 Å². The minimum absolute atomic E-state index is 0.0271. The Morgan fingerprint density at radius 3 is 2.84 bits per heavy atom. The predicted octanol–water partition coefficient (Wildman–Crippen LogP) is 2.92. The van der Waals surface area contributed by atoms with Gasteiger partial charge in [-0.1, -0.05) is 12.7 Å². The van der Waals surface area contributed by atoms with E-state index in [1.54, 1.807) is 12.4 Å². The topological polar surface area (TPSA) is 87.9 Å². The average molecular weight is 552 g/mol. The number of amides is 2. The van der Waals surface area contributed by atoms with Crippen molar-refractivity contribution in [2.45, 2.75) is 18.8 Å². The molecule has 2 aromatic heterocycles. The lowest BCUT2D eigenvalue weighted by Gasteiger charge is -2.39. The first kappa shape index (κ1) is 23.3. The van der Waals surface area contributed by atoms with Crippen molar-refractivity contribution in [1.29, 1.82) is 0 Å². The second-order valence-corrected chi connectivity index (χ2v) is 8.06. The summed E-state index contributed by atoms with van der Waals surface area (Å²) in [5.41, 5.74) is 0.691. The molecule has 1 fully saturated rings. The molecule has 0 bridgehead atoms. The van der Waals surface area contributed by atoms with Crippen molar-refractivity contribution in [2.75, 3.05) is 32.8 Å². The number of furan rings is 1. The van der Waals surface area contributed by atoms with Crippen molar-refractivity contribution < 1.29 is 31.9 Å². The second-order valence-electron chi connectivity index (χ2n) is 6.90. The van der Waals surface area contributed by atoms with E-state index in [0.717, 1.165) is 13.9 Å². The highest BCUT2D eigenvalue weighted by atomic mass is 127. The molecule has 0 saturated carbocycles. The van der Waals surface area contributed by atoms with Crippen LogP contribution in [0.4, 0.5) is 18.0 Å². The number of nitrogens with one attached hydrogen (secondary N) is 1. The molecule has 8 nitrogen and oxygen atoms in total. The maximum atomic E-state index is 12.5. The number of piperazine rings is 1. The Kier molecular flexibility index (Phi) is 7.41. The van der Waals surface area contributed by atoms with Crippen molar-refractivity contribution in [3.8, 4) is 0 Å². The Morgan fingerprint density at radius 1 is 1.39 bits per heavy atom. The number of fused-ring (bicyclic) bond motifs is 1. The zero-order valence-electron chi connectivity index (χ0n) is 16.3. The molecule has 3 heterocycles. The molecule has 1 saturated heterocycles. The number of hydrogen-bond donors (Lipinski definition) is 1. The number of carbonyl (C=O) groups excluding carboxylic acids is 2. The zero-order chi connectivity index (χ0) is 22.6. The summed E-state index contributed by atoms with van der Waals surface area (Å²) in [6.07, 6.45) is -0.630. The van der Waals surface area contributed by atoms with Crippen LogP contribution in [0.1, 0.15) is 5.76 Å². The number of carbonyl (C=O) groups is 2. The first-order valence-electron chi connectivity index (χ1n) is 9.31. The van der Waals surface area contributed by atoms with Crippen LogP contribution in [0.25, 0.3) is 11.0 Å². The van der Waals surface area contributed by atoms with Gasteiger partial charge in [-0.25, -0.2) is 4.79 Å². The molecular formula is C19H20F3IN4O4. The van der Waals surface area contributed by atoms with Gasteiger partial charge in [0, 0.05) is 37.4 Å². The Balaban J connectivity index is 1.73. The van der Waals surface area contributed by atoms with Crippen molar-refractivity contribution >= 4 is 45.6 Å². The van der Waals surface area contributed by atoms with Crippen molar-refractivity contribution in [3.05, 3.63) is 40.4 Å². The fourth-order valence-corrected chi connectivity index (χ4v) is 3.81. The summed E-state index contributed by atoms with van der Waals surface area (Å²) in [6, 6.07) is 0.688. The van der Waals surface area contributed by atoms with Crippen molar-refractivity contribution in [2.24, 2.45) is 0 Å². The molecule has 168 valence electrons. The molecule has 1 aliphatic heterocycles. The van der Waals surface area contributed by atoms with Crippen LogP contribution in [0.2, 0.25) is 0 Å². The second kappa shape index (κ2) is 9.85. The SMILES string of the molecule is C=CCOC(=O)N1CCN(Cc2cc3cncc(I)c3o2)C[C@H]1C(=O)NCC(F)(F)F. The fraction of sp³-hybridized carbons (Fsp3) is 0.421. The molecule has 31 heavy (non-hydrogen) atoms. The van der Waals surface area contributed by atoms with Crippen LogP contribution in [0.15, 0.2) is 35.5 Å². The van der Waals surface area contributed by atoms with Crippen LogP contribution < -0.4 is 5.32 Å². The first-order valence-corrected chi connectivity index (χ1v) is 10.4. The maximum absolute atomic E-state index is 12.5. The summed E-state index contributed by atoms with van der Waals surface area (Å²) in [7, 11) is 0. The average Bonchev–Trinajstić information content (AvgIpc) is 3.13. The number of pyridine rings is 1. The number of nitrogens with zero attached hydrogens (tertiary/aromatic N) is 3. The van der Waals surface area contributed by atoms with Crippen LogP contribution in [-0.2, 0) is 16.1 Å². The van der Waals surface area contributed by atoms with Gasteiger partial charge >= 0.3 is 12.3 Å². The molecule has 1 N–H and O–H groups in total. The minimum atomic E-state index is -4.56. The lowest BCUT2D eigenvalue weighted by Crippen LogP contribution is -2.61. The molecule has 0 aromatic carbocycles. The Labute approximate surface area is 189 Å². The lowest BCUT2D eigenvalue weighted by molar-refractivity contribution is -0.142. The van der Waals surface area contributed by atoms with Crippen LogP contribution in [-0.4, -0.2) is 71.8 Å². The van der Waals surface area contributed by atoms with Gasteiger partial charge in [-0.2, -0.15) is 13.2 Å². The van der Waals surface area contributed by atoms with Gasteiger partial charge in [0.25, 0.3) is 0 Å². The van der Waals surface area contributed by atoms with Gasteiger partial charge < -0.3 is 14.5 Å². The Hall–Kier alpha value is -2.35. The smallest absolute Gasteiger partial charge is 0.410 e. The first-order chi connectivity index (χ1) is 14.7. The van der Waals surface area contributed by atoms with Gasteiger partial charge in [0.1, 0.15) is 25.0 Å². The monoisotopic (exact) mass is 552 g/mol. The third kappa shape index (κ3) is 6.09. The summed E-state index contributed by atoms with van der Waals surface area (Å²) >= 11 is 2.11. The quantitative estimate of drug-likeness (QED) is 0.439.